The first-order chi connectivity index (χ1) is 14.8. The summed E-state index contributed by atoms with van der Waals surface area (Å²) in [6, 6.07) is 17.1. The predicted molar refractivity (Wildman–Crippen MR) is 131 cm³/mol. The largest absolute Gasteiger partial charge is 0.151 e. The van der Waals surface area contributed by atoms with Crippen molar-refractivity contribution in [3.8, 4) is 0 Å². The Balaban J connectivity index is 1.68. The Labute approximate surface area is 185 Å². The Morgan fingerprint density at radius 2 is 0.767 bits per heavy atom. The van der Waals surface area contributed by atoms with Crippen LogP contribution in [0.4, 0.5) is 11.4 Å². The molecule has 0 spiro atoms. The first kappa shape index (κ1) is 24.3. The van der Waals surface area contributed by atoms with Crippen LogP contribution in [0.1, 0.15) is 102 Å². The standard InChI is InChI=1S/C28H42N2/c1-3-5-7-9-11-13-15-25-17-21-27(22-18-25)29-30-28-23-19-26(20-24-28)16-14-12-10-8-6-4-2/h17-24H,3-16H2,1-2H3. The molecule has 2 rings (SSSR count). The highest BCUT2D eigenvalue weighted by atomic mass is 15.1. The summed E-state index contributed by atoms with van der Waals surface area (Å²) < 4.78 is 0. The van der Waals surface area contributed by atoms with Crippen molar-refractivity contribution in [3.05, 3.63) is 59.7 Å². The van der Waals surface area contributed by atoms with Crippen LogP contribution >= 0.6 is 0 Å². The molecule has 2 aromatic carbocycles. The molecule has 0 aliphatic rings. The van der Waals surface area contributed by atoms with Gasteiger partial charge in [0.2, 0.25) is 0 Å². The normalized spacial score (nSPS) is 11.4. The number of hydrogen-bond acceptors (Lipinski definition) is 2. The summed E-state index contributed by atoms with van der Waals surface area (Å²) in [5.41, 5.74) is 4.67. The van der Waals surface area contributed by atoms with Gasteiger partial charge < -0.3 is 0 Å². The molecule has 0 N–H and O–H groups in total. The number of nitrogens with zero attached hydrogens (tertiary/aromatic N) is 2. The van der Waals surface area contributed by atoms with E-state index in [2.05, 4.69) is 72.6 Å². The van der Waals surface area contributed by atoms with E-state index in [4.69, 9.17) is 0 Å². The van der Waals surface area contributed by atoms with Crippen molar-refractivity contribution in [3.63, 3.8) is 0 Å². The second kappa shape index (κ2) is 15.8. The zero-order chi connectivity index (χ0) is 21.3. The van der Waals surface area contributed by atoms with Crippen molar-refractivity contribution < 1.29 is 0 Å². The van der Waals surface area contributed by atoms with E-state index in [1.54, 1.807) is 0 Å². The van der Waals surface area contributed by atoms with Crippen LogP contribution in [0.3, 0.4) is 0 Å². The van der Waals surface area contributed by atoms with Crippen molar-refractivity contribution in [2.45, 2.75) is 104 Å². The van der Waals surface area contributed by atoms with Gasteiger partial charge in [0.05, 0.1) is 11.4 Å². The lowest BCUT2D eigenvalue weighted by Crippen LogP contribution is -1.86. The van der Waals surface area contributed by atoms with Gasteiger partial charge in [-0.2, -0.15) is 10.2 Å². The molecule has 0 aliphatic heterocycles. The van der Waals surface area contributed by atoms with E-state index in [0.29, 0.717) is 0 Å². The third kappa shape index (κ3) is 10.7. The van der Waals surface area contributed by atoms with Crippen LogP contribution in [0.5, 0.6) is 0 Å². The molecule has 0 aliphatic carbocycles. The molecular weight excluding hydrogens is 364 g/mol. The molecule has 164 valence electrons. The van der Waals surface area contributed by atoms with Gasteiger partial charge in [0.1, 0.15) is 0 Å². The Bertz CT molecular complexity index is 624. The van der Waals surface area contributed by atoms with Crippen LogP contribution in [-0.4, -0.2) is 0 Å². The van der Waals surface area contributed by atoms with Crippen molar-refractivity contribution in [2.75, 3.05) is 0 Å². The lowest BCUT2D eigenvalue weighted by Gasteiger charge is -2.03. The number of aryl methyl sites for hydroxylation is 2. The maximum Gasteiger partial charge on any atom is 0.0857 e. The fourth-order valence-corrected chi connectivity index (χ4v) is 3.79. The van der Waals surface area contributed by atoms with Crippen molar-refractivity contribution >= 4 is 11.4 Å². The van der Waals surface area contributed by atoms with Gasteiger partial charge in [-0.3, -0.25) is 0 Å². The van der Waals surface area contributed by atoms with Gasteiger partial charge in [-0.25, -0.2) is 0 Å². The molecule has 2 nitrogen and oxygen atoms in total. The molecule has 0 bridgehead atoms. The molecule has 2 aromatic rings. The van der Waals surface area contributed by atoms with Gasteiger partial charge in [-0.1, -0.05) is 102 Å². The summed E-state index contributed by atoms with van der Waals surface area (Å²) in [6.45, 7) is 4.54. The monoisotopic (exact) mass is 406 g/mol. The average molecular weight is 407 g/mol. The molecule has 0 radical (unpaired) electrons. The van der Waals surface area contributed by atoms with Crippen LogP contribution < -0.4 is 0 Å². The highest BCUT2D eigenvalue weighted by Gasteiger charge is 1.98. The molecule has 0 heterocycles. The molecule has 0 saturated carbocycles. The number of hydrogen-bond donors (Lipinski definition) is 0. The van der Waals surface area contributed by atoms with Crippen LogP contribution in [0.25, 0.3) is 0 Å². The smallest absolute Gasteiger partial charge is 0.0857 e. The van der Waals surface area contributed by atoms with E-state index in [1.165, 1.54) is 101 Å². The molecule has 2 heteroatoms. The van der Waals surface area contributed by atoms with Crippen LogP contribution in [0.15, 0.2) is 58.8 Å². The number of unbranched alkanes of at least 4 members (excludes halogenated alkanes) is 10. The predicted octanol–water partition coefficient (Wildman–Crippen LogP) is 9.91. The first-order valence-electron chi connectivity index (χ1n) is 12.4. The minimum absolute atomic E-state index is 0.929. The molecule has 0 aromatic heterocycles. The minimum Gasteiger partial charge on any atom is -0.151 e. The molecule has 0 fully saturated rings. The van der Waals surface area contributed by atoms with Gasteiger partial charge in [-0.05, 0) is 61.1 Å². The average Bonchev–Trinajstić information content (AvgIpc) is 2.79. The molecule has 0 amide bonds. The van der Waals surface area contributed by atoms with Crippen LogP contribution in [-0.2, 0) is 12.8 Å². The quantitative estimate of drug-likeness (QED) is 0.196. The Hall–Kier alpha value is -1.96. The molecule has 0 saturated heterocycles. The van der Waals surface area contributed by atoms with E-state index in [0.717, 1.165) is 11.4 Å². The summed E-state index contributed by atoms with van der Waals surface area (Å²) in [6.07, 6.45) is 18.5. The van der Waals surface area contributed by atoms with Crippen molar-refractivity contribution in [2.24, 2.45) is 10.2 Å². The maximum absolute atomic E-state index is 4.41. The number of azo groups is 1. The van der Waals surface area contributed by atoms with Gasteiger partial charge >= 0.3 is 0 Å². The lowest BCUT2D eigenvalue weighted by atomic mass is 10.0. The third-order valence-corrected chi connectivity index (χ3v) is 5.79. The second-order valence-corrected chi connectivity index (χ2v) is 8.57. The zero-order valence-corrected chi connectivity index (χ0v) is 19.4. The van der Waals surface area contributed by atoms with E-state index >= 15 is 0 Å². The fraction of sp³-hybridized carbons (Fsp3) is 0.571. The highest BCUT2D eigenvalue weighted by Crippen LogP contribution is 2.21. The van der Waals surface area contributed by atoms with Crippen LogP contribution in [0.2, 0.25) is 0 Å². The molecule has 0 atom stereocenters. The zero-order valence-electron chi connectivity index (χ0n) is 19.4. The first-order valence-corrected chi connectivity index (χ1v) is 12.4. The van der Waals surface area contributed by atoms with Gasteiger partial charge in [0.15, 0.2) is 0 Å². The van der Waals surface area contributed by atoms with Crippen molar-refractivity contribution in [1.29, 1.82) is 0 Å². The Kier molecular flexibility index (Phi) is 12.8. The molecular formula is C28H42N2. The SMILES string of the molecule is CCCCCCCCc1ccc(N=Nc2ccc(CCCCCCCC)cc2)cc1. The van der Waals surface area contributed by atoms with Crippen molar-refractivity contribution in [1.82, 2.24) is 0 Å². The van der Waals surface area contributed by atoms with E-state index in [9.17, 15) is 0 Å². The fourth-order valence-electron chi connectivity index (χ4n) is 3.79. The summed E-state index contributed by atoms with van der Waals surface area (Å²) in [4.78, 5) is 0. The third-order valence-electron chi connectivity index (χ3n) is 5.79. The van der Waals surface area contributed by atoms with E-state index in [1.807, 2.05) is 0 Å². The topological polar surface area (TPSA) is 24.7 Å². The summed E-state index contributed by atoms with van der Waals surface area (Å²) in [5, 5.41) is 8.81. The van der Waals surface area contributed by atoms with Crippen LogP contribution in [0, 0.1) is 0 Å². The van der Waals surface area contributed by atoms with E-state index < -0.39 is 0 Å². The number of benzene rings is 2. The Morgan fingerprint density at radius 3 is 1.13 bits per heavy atom. The summed E-state index contributed by atoms with van der Waals surface area (Å²) in [7, 11) is 0. The molecule has 0 unspecified atom stereocenters. The van der Waals surface area contributed by atoms with Gasteiger partial charge in [0.25, 0.3) is 0 Å². The second-order valence-electron chi connectivity index (χ2n) is 8.57. The van der Waals surface area contributed by atoms with E-state index in [-0.39, 0.29) is 0 Å². The number of rotatable bonds is 16. The summed E-state index contributed by atoms with van der Waals surface area (Å²) >= 11 is 0. The minimum atomic E-state index is 0.929. The highest BCUT2D eigenvalue weighted by molar-refractivity contribution is 5.42. The Morgan fingerprint density at radius 1 is 0.433 bits per heavy atom. The molecule has 30 heavy (non-hydrogen) atoms. The van der Waals surface area contributed by atoms with Gasteiger partial charge in [0, 0.05) is 0 Å². The maximum atomic E-state index is 4.41. The lowest BCUT2D eigenvalue weighted by molar-refractivity contribution is 0.607. The summed E-state index contributed by atoms with van der Waals surface area (Å²) in [5.74, 6) is 0. The van der Waals surface area contributed by atoms with Gasteiger partial charge in [-0.15, -0.1) is 0 Å².